The van der Waals surface area contributed by atoms with Gasteiger partial charge in [-0.05, 0) is 25.7 Å². The van der Waals surface area contributed by atoms with Crippen LogP contribution in [0.3, 0.4) is 0 Å². The molecule has 2 aliphatic rings. The molecule has 2 saturated heterocycles. The molecule has 17 heavy (non-hydrogen) atoms. The van der Waals surface area contributed by atoms with Crippen LogP contribution in [0.5, 0.6) is 0 Å². The molecule has 2 rings (SSSR count). The highest BCUT2D eigenvalue weighted by atomic mass is 35.5. The summed E-state index contributed by atoms with van der Waals surface area (Å²) in [4.78, 5) is 25.4. The first-order valence-electron chi connectivity index (χ1n) is 5.88. The van der Waals surface area contributed by atoms with Gasteiger partial charge in [-0.15, -0.1) is 0 Å². The second kappa shape index (κ2) is 5.69. The Kier molecular flexibility index (Phi) is 4.77. The second-order valence-electron chi connectivity index (χ2n) is 4.64. The predicted octanol–water partition coefficient (Wildman–Crippen LogP) is -3.68. The summed E-state index contributed by atoms with van der Waals surface area (Å²) >= 11 is 0. The number of hydrogen-bond acceptors (Lipinski definition) is 3. The van der Waals surface area contributed by atoms with Crippen molar-refractivity contribution in [3.05, 3.63) is 0 Å². The Hall–Kier alpha value is -0.810. The van der Waals surface area contributed by atoms with Gasteiger partial charge in [0.15, 0.2) is 6.04 Å². The van der Waals surface area contributed by atoms with E-state index < -0.39 is 0 Å². The summed E-state index contributed by atoms with van der Waals surface area (Å²) in [5.74, 6) is -0.265. The van der Waals surface area contributed by atoms with Gasteiger partial charge in [-0.2, -0.15) is 0 Å². The summed E-state index contributed by atoms with van der Waals surface area (Å²) in [6.07, 6.45) is 4.53. The zero-order valence-electron chi connectivity index (χ0n) is 10.0. The van der Waals surface area contributed by atoms with Crippen molar-refractivity contribution in [1.29, 1.82) is 0 Å². The number of halogens is 1. The van der Waals surface area contributed by atoms with E-state index in [1.165, 1.54) is 7.11 Å². The van der Waals surface area contributed by atoms with Crippen LogP contribution in [-0.2, 0) is 14.3 Å². The van der Waals surface area contributed by atoms with E-state index in [9.17, 15) is 9.59 Å². The normalized spacial score (nSPS) is 32.5. The third-order valence-corrected chi connectivity index (χ3v) is 3.67. The van der Waals surface area contributed by atoms with Gasteiger partial charge in [0.05, 0.1) is 7.11 Å². The fraction of sp³-hybridized carbons (Fsp3) is 0.818. The average Bonchev–Trinajstić information content (AvgIpc) is 2.32. The van der Waals surface area contributed by atoms with E-state index in [0.717, 1.165) is 32.1 Å². The van der Waals surface area contributed by atoms with Gasteiger partial charge in [-0.1, -0.05) is 0 Å². The third kappa shape index (κ3) is 2.55. The Morgan fingerprint density at radius 3 is 2.71 bits per heavy atom. The van der Waals surface area contributed by atoms with Gasteiger partial charge in [-0.3, -0.25) is 4.79 Å². The predicted molar refractivity (Wildman–Crippen MR) is 56.2 cm³/mol. The zero-order valence-corrected chi connectivity index (χ0v) is 10.8. The van der Waals surface area contributed by atoms with Crippen molar-refractivity contribution in [2.24, 2.45) is 0 Å². The van der Waals surface area contributed by atoms with Crippen LogP contribution in [0.2, 0.25) is 0 Å². The van der Waals surface area contributed by atoms with E-state index in [-0.39, 0.29) is 42.4 Å². The number of nitrogens with zero attached hydrogens (tertiary/aromatic N) is 1. The quantitative estimate of drug-likeness (QED) is 0.495. The van der Waals surface area contributed by atoms with Gasteiger partial charge in [0, 0.05) is 12.5 Å². The molecule has 5 nitrogen and oxygen atoms in total. The maximum absolute atomic E-state index is 12.0. The van der Waals surface area contributed by atoms with Gasteiger partial charge in [0.2, 0.25) is 0 Å². The maximum atomic E-state index is 12.0. The van der Waals surface area contributed by atoms with Crippen LogP contribution in [0.25, 0.3) is 0 Å². The van der Waals surface area contributed by atoms with Crippen molar-refractivity contribution < 1.29 is 32.5 Å². The smallest absolute Gasteiger partial charge is 0.328 e. The Balaban J connectivity index is 0.00000144. The van der Waals surface area contributed by atoms with Gasteiger partial charge < -0.3 is 27.8 Å². The van der Waals surface area contributed by atoms with Crippen molar-refractivity contribution in [3.8, 4) is 0 Å². The van der Waals surface area contributed by atoms with E-state index in [2.05, 4.69) is 5.73 Å². The number of hydrogen-bond donors (Lipinski definition) is 1. The SMILES string of the molecule is COC(=O)[C@@H]1CCC[C@@H]2CC[C@H]([NH3+])C(=O)N21.[Cl-]. The monoisotopic (exact) mass is 262 g/mol. The molecule has 0 aromatic carbocycles. The number of carbonyl (C=O) groups is 2. The molecule has 0 aliphatic carbocycles. The summed E-state index contributed by atoms with van der Waals surface area (Å²) in [6.45, 7) is 0. The Labute approximate surface area is 107 Å². The number of methoxy groups -OCH3 is 1. The van der Waals surface area contributed by atoms with E-state index in [0.29, 0.717) is 0 Å². The molecule has 0 aromatic heterocycles. The standard InChI is InChI=1S/C11H18N2O3.ClH/c1-16-11(15)9-4-2-3-7-5-6-8(12)10(14)13(7)9;/h7-9H,2-6,12H2,1H3;1H/t7-,8+,9+;/m1./s1. The molecule has 3 N–H and O–H groups in total. The minimum absolute atomic E-state index is 0. The van der Waals surface area contributed by atoms with E-state index in [4.69, 9.17) is 4.74 Å². The third-order valence-electron chi connectivity index (χ3n) is 3.67. The highest BCUT2D eigenvalue weighted by Crippen LogP contribution is 2.30. The average molecular weight is 263 g/mol. The van der Waals surface area contributed by atoms with Crippen LogP contribution in [0, 0.1) is 0 Å². The summed E-state index contributed by atoms with van der Waals surface area (Å²) in [5.41, 5.74) is 3.85. The molecule has 2 aliphatic heterocycles. The number of fused-ring (bicyclic) bond motifs is 1. The number of amides is 1. The molecule has 6 heteroatoms. The van der Waals surface area contributed by atoms with Gasteiger partial charge in [0.25, 0.3) is 5.91 Å². The minimum atomic E-state index is -0.374. The van der Waals surface area contributed by atoms with Crippen molar-refractivity contribution in [2.75, 3.05) is 7.11 Å². The topological polar surface area (TPSA) is 74.2 Å². The lowest BCUT2D eigenvalue weighted by atomic mass is 9.87. The van der Waals surface area contributed by atoms with Crippen LogP contribution >= 0.6 is 0 Å². The maximum Gasteiger partial charge on any atom is 0.328 e. The molecule has 0 spiro atoms. The fourth-order valence-electron chi connectivity index (χ4n) is 2.79. The molecule has 0 unspecified atom stereocenters. The van der Waals surface area contributed by atoms with E-state index >= 15 is 0 Å². The van der Waals surface area contributed by atoms with E-state index in [1.54, 1.807) is 4.90 Å². The Morgan fingerprint density at radius 2 is 2.06 bits per heavy atom. The van der Waals surface area contributed by atoms with Crippen LogP contribution < -0.4 is 18.1 Å². The fourth-order valence-corrected chi connectivity index (χ4v) is 2.79. The molecule has 3 atom stereocenters. The van der Waals surface area contributed by atoms with Gasteiger partial charge in [0.1, 0.15) is 6.04 Å². The minimum Gasteiger partial charge on any atom is -1.00 e. The van der Waals surface area contributed by atoms with Crippen molar-refractivity contribution >= 4 is 11.9 Å². The molecule has 2 fully saturated rings. The molecule has 1 amide bonds. The molecule has 0 aromatic rings. The largest absolute Gasteiger partial charge is 1.00 e. The summed E-state index contributed by atoms with van der Waals surface area (Å²) < 4.78 is 4.77. The first-order valence-corrected chi connectivity index (χ1v) is 5.88. The number of quaternary nitrogens is 1. The summed E-state index contributed by atoms with van der Waals surface area (Å²) in [6, 6.07) is -0.342. The van der Waals surface area contributed by atoms with Crippen molar-refractivity contribution in [2.45, 2.75) is 50.2 Å². The highest BCUT2D eigenvalue weighted by Gasteiger charge is 2.44. The number of ether oxygens (including phenoxy) is 1. The highest BCUT2D eigenvalue weighted by molar-refractivity contribution is 5.87. The number of rotatable bonds is 1. The zero-order chi connectivity index (χ0) is 11.7. The number of piperidine rings is 2. The van der Waals surface area contributed by atoms with E-state index in [1.807, 2.05) is 0 Å². The van der Waals surface area contributed by atoms with Crippen LogP contribution in [-0.4, -0.2) is 42.0 Å². The van der Waals surface area contributed by atoms with Crippen LogP contribution in [0.15, 0.2) is 0 Å². The molecule has 2 heterocycles. The van der Waals surface area contributed by atoms with Gasteiger partial charge in [-0.25, -0.2) is 4.79 Å². The molecule has 0 radical (unpaired) electrons. The summed E-state index contributed by atoms with van der Waals surface area (Å²) in [7, 11) is 1.38. The lowest BCUT2D eigenvalue weighted by molar-refractivity contribution is -0.411. The lowest BCUT2D eigenvalue weighted by Gasteiger charge is -2.44. The molecular formula is C11H19ClN2O3. The molecule has 98 valence electrons. The first kappa shape index (κ1) is 14.3. The van der Waals surface area contributed by atoms with Gasteiger partial charge >= 0.3 is 5.97 Å². The number of carbonyl (C=O) groups excluding carboxylic acids is 2. The number of esters is 1. The first-order chi connectivity index (χ1) is 7.65. The Morgan fingerprint density at radius 1 is 1.35 bits per heavy atom. The second-order valence-corrected chi connectivity index (χ2v) is 4.64. The molecule has 0 saturated carbocycles. The van der Waals surface area contributed by atoms with Crippen molar-refractivity contribution in [3.63, 3.8) is 0 Å². The Bertz CT molecular complexity index is 311. The molecular weight excluding hydrogens is 244 g/mol. The van der Waals surface area contributed by atoms with Crippen LogP contribution in [0.4, 0.5) is 0 Å². The molecule has 0 bridgehead atoms. The lowest BCUT2D eigenvalue weighted by Crippen LogP contribution is -3.00. The van der Waals surface area contributed by atoms with Crippen molar-refractivity contribution in [1.82, 2.24) is 4.90 Å². The van der Waals surface area contributed by atoms with Crippen LogP contribution in [0.1, 0.15) is 32.1 Å². The summed E-state index contributed by atoms with van der Waals surface area (Å²) in [5, 5.41) is 0.